The number of para-hydroxylation sites is 1. The molecule has 0 aliphatic rings. The van der Waals surface area contributed by atoms with Crippen LogP contribution < -0.4 is 5.32 Å². The van der Waals surface area contributed by atoms with Crippen molar-refractivity contribution in [2.45, 2.75) is 31.8 Å². The Morgan fingerprint density at radius 1 is 1.25 bits per heavy atom. The lowest BCUT2D eigenvalue weighted by Crippen LogP contribution is -2.27. The third kappa shape index (κ3) is 4.43. The van der Waals surface area contributed by atoms with E-state index in [4.69, 9.17) is 4.42 Å². The van der Waals surface area contributed by atoms with Crippen molar-refractivity contribution < 1.29 is 14.3 Å². The fourth-order valence-electron chi connectivity index (χ4n) is 2.47. The SMILES string of the molecule is O=C(CCCCc1nc2ccccc2s1)NCC(O)c1ccco1. The van der Waals surface area contributed by atoms with E-state index in [1.807, 2.05) is 18.2 Å². The number of thiazole rings is 1. The van der Waals surface area contributed by atoms with E-state index in [2.05, 4.69) is 16.4 Å². The number of fused-ring (bicyclic) bond motifs is 1. The van der Waals surface area contributed by atoms with Crippen LogP contribution in [0.3, 0.4) is 0 Å². The van der Waals surface area contributed by atoms with Crippen molar-refractivity contribution in [3.05, 3.63) is 53.4 Å². The maximum atomic E-state index is 11.8. The Hall–Kier alpha value is -2.18. The van der Waals surface area contributed by atoms with Crippen LogP contribution in [-0.4, -0.2) is 22.5 Å². The predicted octanol–water partition coefficient (Wildman–Crippen LogP) is 3.45. The third-order valence-electron chi connectivity index (χ3n) is 3.75. The Kier molecular flexibility index (Phi) is 5.61. The van der Waals surface area contributed by atoms with Crippen LogP contribution in [-0.2, 0) is 11.2 Å². The zero-order valence-corrected chi connectivity index (χ0v) is 14.1. The number of furan rings is 1. The molecule has 0 saturated carbocycles. The molecule has 24 heavy (non-hydrogen) atoms. The minimum atomic E-state index is -0.799. The fraction of sp³-hybridized carbons (Fsp3) is 0.333. The van der Waals surface area contributed by atoms with Gasteiger partial charge in [0.1, 0.15) is 11.9 Å². The number of hydrogen-bond donors (Lipinski definition) is 2. The second-order valence-corrected chi connectivity index (χ2v) is 6.73. The number of aromatic nitrogens is 1. The molecule has 0 bridgehead atoms. The van der Waals surface area contributed by atoms with E-state index in [9.17, 15) is 9.90 Å². The lowest BCUT2D eigenvalue weighted by molar-refractivity contribution is -0.121. The van der Waals surface area contributed by atoms with Gasteiger partial charge < -0.3 is 14.8 Å². The largest absolute Gasteiger partial charge is 0.467 e. The number of hydrogen-bond acceptors (Lipinski definition) is 5. The topological polar surface area (TPSA) is 75.4 Å². The summed E-state index contributed by atoms with van der Waals surface area (Å²) in [5.41, 5.74) is 1.04. The standard InChI is InChI=1S/C18H20N2O3S/c21-14(15-7-5-11-23-15)12-19-17(22)9-3-4-10-18-20-13-6-1-2-8-16(13)24-18/h1-2,5-8,11,14,21H,3-4,9-10,12H2,(H,19,22). The van der Waals surface area contributed by atoms with Crippen molar-refractivity contribution in [3.63, 3.8) is 0 Å². The van der Waals surface area contributed by atoms with Crippen LogP contribution in [0.15, 0.2) is 47.1 Å². The van der Waals surface area contributed by atoms with Crippen molar-refractivity contribution in [1.29, 1.82) is 0 Å². The van der Waals surface area contributed by atoms with Gasteiger partial charge in [0.25, 0.3) is 0 Å². The van der Waals surface area contributed by atoms with Crippen LogP contribution in [0.25, 0.3) is 10.2 Å². The molecule has 0 saturated heterocycles. The molecular formula is C18H20N2O3S. The van der Waals surface area contributed by atoms with Gasteiger partial charge in [-0.2, -0.15) is 0 Å². The van der Waals surface area contributed by atoms with Gasteiger partial charge in [-0.05, 0) is 43.5 Å². The average Bonchev–Trinajstić information content (AvgIpc) is 3.25. The first-order valence-corrected chi connectivity index (χ1v) is 8.86. The highest BCUT2D eigenvalue weighted by Crippen LogP contribution is 2.22. The second-order valence-electron chi connectivity index (χ2n) is 5.62. The van der Waals surface area contributed by atoms with Gasteiger partial charge in [-0.3, -0.25) is 4.79 Å². The van der Waals surface area contributed by atoms with Gasteiger partial charge in [-0.1, -0.05) is 12.1 Å². The summed E-state index contributed by atoms with van der Waals surface area (Å²) in [4.78, 5) is 16.4. The van der Waals surface area contributed by atoms with E-state index in [0.717, 1.165) is 29.8 Å². The van der Waals surface area contributed by atoms with Crippen molar-refractivity contribution in [1.82, 2.24) is 10.3 Å². The number of rotatable bonds is 8. The number of nitrogens with one attached hydrogen (secondary N) is 1. The van der Waals surface area contributed by atoms with Gasteiger partial charge in [0, 0.05) is 6.42 Å². The minimum Gasteiger partial charge on any atom is -0.467 e. The molecule has 0 radical (unpaired) electrons. The average molecular weight is 344 g/mol. The van der Waals surface area contributed by atoms with Crippen LogP contribution in [0.1, 0.15) is 36.1 Å². The Morgan fingerprint density at radius 2 is 2.12 bits per heavy atom. The van der Waals surface area contributed by atoms with E-state index >= 15 is 0 Å². The van der Waals surface area contributed by atoms with Crippen molar-refractivity contribution in [3.8, 4) is 0 Å². The molecule has 1 unspecified atom stereocenters. The van der Waals surface area contributed by atoms with Gasteiger partial charge >= 0.3 is 0 Å². The molecule has 0 fully saturated rings. The quantitative estimate of drug-likeness (QED) is 0.614. The first kappa shape index (κ1) is 16.7. The molecule has 0 aliphatic heterocycles. The molecule has 0 aliphatic carbocycles. The monoisotopic (exact) mass is 344 g/mol. The Bertz CT molecular complexity index is 750. The van der Waals surface area contributed by atoms with E-state index in [1.165, 1.54) is 11.0 Å². The van der Waals surface area contributed by atoms with Crippen LogP contribution in [0.2, 0.25) is 0 Å². The van der Waals surface area contributed by atoms with Gasteiger partial charge in [0.2, 0.25) is 5.91 Å². The number of aryl methyl sites for hydroxylation is 1. The second kappa shape index (κ2) is 8.08. The smallest absolute Gasteiger partial charge is 0.220 e. The molecule has 1 aromatic carbocycles. The summed E-state index contributed by atoms with van der Waals surface area (Å²) in [5.74, 6) is 0.413. The summed E-state index contributed by atoms with van der Waals surface area (Å²) >= 11 is 1.71. The van der Waals surface area contributed by atoms with Crippen molar-refractivity contribution in [2.24, 2.45) is 0 Å². The van der Waals surface area contributed by atoms with E-state index < -0.39 is 6.10 Å². The third-order valence-corrected chi connectivity index (χ3v) is 4.84. The number of nitrogens with zero attached hydrogens (tertiary/aromatic N) is 1. The minimum absolute atomic E-state index is 0.0510. The molecule has 2 N–H and O–H groups in total. The Morgan fingerprint density at radius 3 is 2.92 bits per heavy atom. The molecule has 2 aromatic heterocycles. The van der Waals surface area contributed by atoms with Gasteiger partial charge in [-0.15, -0.1) is 11.3 Å². The van der Waals surface area contributed by atoms with Gasteiger partial charge in [0.15, 0.2) is 0 Å². The number of benzene rings is 1. The number of unbranched alkanes of at least 4 members (excludes halogenated alkanes) is 1. The lowest BCUT2D eigenvalue weighted by Gasteiger charge is -2.09. The van der Waals surface area contributed by atoms with Crippen molar-refractivity contribution >= 4 is 27.5 Å². The van der Waals surface area contributed by atoms with Crippen LogP contribution >= 0.6 is 11.3 Å². The van der Waals surface area contributed by atoms with Crippen LogP contribution in [0.4, 0.5) is 0 Å². The first-order chi connectivity index (χ1) is 11.7. The summed E-state index contributed by atoms with van der Waals surface area (Å²) in [6.45, 7) is 0.171. The van der Waals surface area contributed by atoms with Gasteiger partial charge in [-0.25, -0.2) is 4.98 Å². The van der Waals surface area contributed by atoms with E-state index in [-0.39, 0.29) is 12.5 Å². The molecule has 3 aromatic rings. The number of aliphatic hydroxyl groups is 1. The van der Waals surface area contributed by atoms with E-state index in [1.54, 1.807) is 23.5 Å². The lowest BCUT2D eigenvalue weighted by atomic mass is 10.2. The number of carbonyl (C=O) groups excluding carboxylic acids is 1. The molecule has 1 atom stereocenters. The highest BCUT2D eigenvalue weighted by Gasteiger charge is 2.11. The molecular weight excluding hydrogens is 324 g/mol. The molecule has 126 valence electrons. The zero-order valence-electron chi connectivity index (χ0n) is 13.3. The molecule has 3 rings (SSSR count). The number of carbonyl (C=O) groups is 1. The summed E-state index contributed by atoms with van der Waals surface area (Å²) in [6, 6.07) is 11.5. The summed E-state index contributed by atoms with van der Waals surface area (Å²) < 4.78 is 6.30. The highest BCUT2D eigenvalue weighted by atomic mass is 32.1. The van der Waals surface area contributed by atoms with E-state index in [0.29, 0.717) is 12.2 Å². The molecule has 5 nitrogen and oxygen atoms in total. The Balaban J connectivity index is 1.34. The summed E-state index contributed by atoms with van der Waals surface area (Å²) in [7, 11) is 0. The number of amides is 1. The molecule has 6 heteroatoms. The zero-order chi connectivity index (χ0) is 16.8. The molecule has 0 spiro atoms. The summed E-state index contributed by atoms with van der Waals surface area (Å²) in [6.07, 6.45) is 3.78. The highest BCUT2D eigenvalue weighted by molar-refractivity contribution is 7.18. The van der Waals surface area contributed by atoms with Gasteiger partial charge in [0.05, 0.1) is 28.0 Å². The number of aliphatic hydroxyl groups excluding tert-OH is 1. The maximum absolute atomic E-state index is 11.8. The first-order valence-electron chi connectivity index (χ1n) is 8.05. The molecule has 2 heterocycles. The molecule has 1 amide bonds. The normalized spacial score (nSPS) is 12.4. The van der Waals surface area contributed by atoms with Crippen molar-refractivity contribution in [2.75, 3.05) is 6.54 Å². The van der Waals surface area contributed by atoms with Crippen LogP contribution in [0.5, 0.6) is 0 Å². The Labute approximate surface area is 144 Å². The predicted molar refractivity (Wildman–Crippen MR) is 93.9 cm³/mol. The summed E-state index contributed by atoms with van der Waals surface area (Å²) in [5, 5.41) is 13.7. The fourth-order valence-corrected chi connectivity index (χ4v) is 3.48. The maximum Gasteiger partial charge on any atom is 0.220 e. The van der Waals surface area contributed by atoms with Crippen LogP contribution in [0, 0.1) is 0 Å².